The van der Waals surface area contributed by atoms with E-state index in [1.54, 1.807) is 23.7 Å². The van der Waals surface area contributed by atoms with Crippen molar-refractivity contribution in [2.75, 3.05) is 24.4 Å². The SMILES string of the molecule is Br.CCCCCCCCCCCCCCOc1cccc(CN(C(=O)NC)c2ccc(CN3C=CSC3)cc2)c1. The highest BCUT2D eigenvalue weighted by Crippen LogP contribution is 2.23. The third kappa shape index (κ3) is 13.0. The average Bonchev–Trinajstić information content (AvgIpc) is 3.48. The molecule has 0 unspecified atom stereocenters. The summed E-state index contributed by atoms with van der Waals surface area (Å²) in [6.45, 7) is 4.38. The zero-order valence-corrected chi connectivity index (χ0v) is 27.1. The topological polar surface area (TPSA) is 44.8 Å². The standard InChI is InChI=1S/C33H49N3O2S.BrH/c1-3-4-5-6-7-8-9-10-11-12-13-14-23-38-32-17-15-16-30(25-32)27-36(33(37)34-2)31-20-18-29(19-21-31)26-35-22-24-39-28-35;/h15-22,24-25H,3-14,23,26-28H2,1-2H3,(H,34,37);1H. The Morgan fingerprint density at radius 1 is 0.900 bits per heavy atom. The minimum atomic E-state index is -0.121. The van der Waals surface area contributed by atoms with Gasteiger partial charge in [-0.25, -0.2) is 4.79 Å². The number of carbonyl (C=O) groups is 1. The van der Waals surface area contributed by atoms with Gasteiger partial charge in [0.15, 0.2) is 0 Å². The van der Waals surface area contributed by atoms with Gasteiger partial charge in [0.1, 0.15) is 5.75 Å². The van der Waals surface area contributed by atoms with E-state index in [4.69, 9.17) is 4.74 Å². The molecule has 1 heterocycles. The monoisotopic (exact) mass is 631 g/mol. The van der Waals surface area contributed by atoms with Crippen LogP contribution in [-0.2, 0) is 13.1 Å². The lowest BCUT2D eigenvalue weighted by atomic mass is 10.1. The molecule has 0 saturated carbocycles. The number of amides is 2. The fourth-order valence-electron chi connectivity index (χ4n) is 4.89. The van der Waals surface area contributed by atoms with E-state index in [-0.39, 0.29) is 23.0 Å². The maximum atomic E-state index is 12.7. The Hall–Kier alpha value is -2.12. The fraction of sp³-hybridized carbons (Fsp3) is 0.545. The molecule has 0 aromatic heterocycles. The molecule has 1 aliphatic heterocycles. The molecule has 222 valence electrons. The number of halogens is 1. The molecule has 2 aromatic carbocycles. The highest BCUT2D eigenvalue weighted by molar-refractivity contribution is 8.93. The second-order valence-corrected chi connectivity index (χ2v) is 11.4. The van der Waals surface area contributed by atoms with Crippen LogP contribution in [0.4, 0.5) is 10.5 Å². The first kappa shape index (κ1) is 34.1. The summed E-state index contributed by atoms with van der Waals surface area (Å²) < 4.78 is 6.06. The van der Waals surface area contributed by atoms with Crippen molar-refractivity contribution in [3.05, 3.63) is 71.3 Å². The van der Waals surface area contributed by atoms with Crippen molar-refractivity contribution >= 4 is 40.5 Å². The molecule has 7 heteroatoms. The lowest BCUT2D eigenvalue weighted by molar-refractivity contribution is 0.248. The number of urea groups is 1. The van der Waals surface area contributed by atoms with E-state index in [1.807, 2.05) is 24.3 Å². The number of hydrogen-bond donors (Lipinski definition) is 1. The number of nitrogens with one attached hydrogen (secondary N) is 1. The van der Waals surface area contributed by atoms with Gasteiger partial charge in [-0.15, -0.1) is 28.7 Å². The van der Waals surface area contributed by atoms with Gasteiger partial charge in [-0.1, -0.05) is 102 Å². The normalized spacial score (nSPS) is 12.3. The zero-order valence-electron chi connectivity index (χ0n) is 24.6. The molecule has 0 saturated heterocycles. The number of thioether (sulfide) groups is 1. The Balaban J connectivity index is 0.00000560. The first-order valence-electron chi connectivity index (χ1n) is 15.0. The van der Waals surface area contributed by atoms with Crippen LogP contribution < -0.4 is 15.0 Å². The van der Waals surface area contributed by atoms with E-state index in [1.165, 1.54) is 76.2 Å². The van der Waals surface area contributed by atoms with Crippen molar-refractivity contribution < 1.29 is 9.53 Å². The highest BCUT2D eigenvalue weighted by Gasteiger charge is 2.16. The van der Waals surface area contributed by atoms with Crippen LogP contribution in [0.3, 0.4) is 0 Å². The summed E-state index contributed by atoms with van der Waals surface area (Å²) in [6.07, 6.45) is 18.2. The first-order valence-corrected chi connectivity index (χ1v) is 16.1. The van der Waals surface area contributed by atoms with Crippen LogP contribution in [0.5, 0.6) is 5.75 Å². The summed E-state index contributed by atoms with van der Waals surface area (Å²) in [6, 6.07) is 16.3. The molecule has 2 aromatic rings. The van der Waals surface area contributed by atoms with Gasteiger partial charge in [-0.2, -0.15) is 0 Å². The van der Waals surface area contributed by atoms with E-state index in [2.05, 4.69) is 53.0 Å². The molecule has 40 heavy (non-hydrogen) atoms. The van der Waals surface area contributed by atoms with E-state index in [0.29, 0.717) is 6.54 Å². The Labute approximate surface area is 257 Å². The smallest absolute Gasteiger partial charge is 0.321 e. The van der Waals surface area contributed by atoms with Gasteiger partial charge in [0, 0.05) is 25.5 Å². The van der Waals surface area contributed by atoms with Gasteiger partial charge >= 0.3 is 6.03 Å². The summed E-state index contributed by atoms with van der Waals surface area (Å²) in [7, 11) is 1.68. The van der Waals surface area contributed by atoms with Gasteiger partial charge in [0.2, 0.25) is 0 Å². The van der Waals surface area contributed by atoms with Crippen LogP contribution in [0.1, 0.15) is 95.1 Å². The predicted octanol–water partition coefficient (Wildman–Crippen LogP) is 9.67. The number of carbonyl (C=O) groups excluding carboxylic acids is 1. The quantitative estimate of drug-likeness (QED) is 0.157. The third-order valence-electron chi connectivity index (χ3n) is 7.21. The van der Waals surface area contributed by atoms with Crippen molar-refractivity contribution in [2.24, 2.45) is 0 Å². The maximum absolute atomic E-state index is 12.7. The van der Waals surface area contributed by atoms with Crippen molar-refractivity contribution in [3.8, 4) is 5.75 Å². The lowest BCUT2D eigenvalue weighted by Gasteiger charge is -2.23. The number of nitrogens with zero attached hydrogens (tertiary/aromatic N) is 2. The molecule has 0 aliphatic carbocycles. The van der Waals surface area contributed by atoms with Gasteiger partial charge in [0.25, 0.3) is 0 Å². The number of hydrogen-bond acceptors (Lipinski definition) is 4. The highest BCUT2D eigenvalue weighted by atomic mass is 79.9. The molecule has 0 bridgehead atoms. The Bertz CT molecular complexity index is 986. The molecular formula is C33H50BrN3O2S. The zero-order chi connectivity index (χ0) is 27.5. The van der Waals surface area contributed by atoms with Crippen LogP contribution >= 0.6 is 28.7 Å². The number of rotatable bonds is 19. The Morgan fingerprint density at radius 3 is 2.15 bits per heavy atom. The van der Waals surface area contributed by atoms with Gasteiger partial charge in [0.05, 0.1) is 19.0 Å². The second kappa shape index (κ2) is 20.7. The van der Waals surface area contributed by atoms with E-state index in [0.717, 1.165) is 42.4 Å². The van der Waals surface area contributed by atoms with Crippen LogP contribution in [0.15, 0.2) is 60.1 Å². The molecule has 0 fully saturated rings. The summed E-state index contributed by atoms with van der Waals surface area (Å²) in [4.78, 5) is 16.8. The number of unbranched alkanes of at least 4 members (excludes halogenated alkanes) is 11. The van der Waals surface area contributed by atoms with E-state index in [9.17, 15) is 4.79 Å². The molecule has 0 atom stereocenters. The number of benzene rings is 2. The van der Waals surface area contributed by atoms with Gasteiger partial charge in [-0.05, 0) is 47.2 Å². The predicted molar refractivity (Wildman–Crippen MR) is 178 cm³/mol. The molecule has 0 radical (unpaired) electrons. The summed E-state index contributed by atoms with van der Waals surface area (Å²) in [5.41, 5.74) is 3.16. The van der Waals surface area contributed by atoms with Crippen molar-refractivity contribution in [2.45, 2.75) is 97.1 Å². The Kier molecular flexibility index (Phi) is 17.6. The van der Waals surface area contributed by atoms with Gasteiger partial charge in [-0.3, -0.25) is 4.90 Å². The minimum Gasteiger partial charge on any atom is -0.494 e. The molecule has 5 nitrogen and oxygen atoms in total. The average molecular weight is 633 g/mol. The molecule has 2 amide bonds. The molecule has 0 spiro atoms. The summed E-state index contributed by atoms with van der Waals surface area (Å²) in [5, 5.41) is 4.91. The first-order chi connectivity index (χ1) is 19.2. The van der Waals surface area contributed by atoms with E-state index < -0.39 is 0 Å². The van der Waals surface area contributed by atoms with Crippen molar-refractivity contribution in [1.82, 2.24) is 10.2 Å². The fourth-order valence-corrected chi connectivity index (χ4v) is 5.60. The molecule has 1 N–H and O–H groups in total. The van der Waals surface area contributed by atoms with E-state index >= 15 is 0 Å². The van der Waals surface area contributed by atoms with Crippen molar-refractivity contribution in [3.63, 3.8) is 0 Å². The molecule has 3 rings (SSSR count). The summed E-state index contributed by atoms with van der Waals surface area (Å²) in [5.74, 6) is 1.86. The lowest BCUT2D eigenvalue weighted by Crippen LogP contribution is -2.37. The van der Waals surface area contributed by atoms with Crippen LogP contribution in [0.25, 0.3) is 0 Å². The molecular weight excluding hydrogens is 582 g/mol. The third-order valence-corrected chi connectivity index (χ3v) is 8.00. The van der Waals surface area contributed by atoms with Gasteiger partial charge < -0.3 is 15.0 Å². The van der Waals surface area contributed by atoms with Crippen LogP contribution in [-0.4, -0.2) is 30.5 Å². The number of ether oxygens (including phenoxy) is 1. The number of anilines is 1. The summed E-state index contributed by atoms with van der Waals surface area (Å²) >= 11 is 1.81. The second-order valence-electron chi connectivity index (χ2n) is 10.5. The van der Waals surface area contributed by atoms with Crippen LogP contribution in [0, 0.1) is 0 Å². The Morgan fingerprint density at radius 2 is 1.55 bits per heavy atom. The maximum Gasteiger partial charge on any atom is 0.321 e. The van der Waals surface area contributed by atoms with Crippen molar-refractivity contribution in [1.29, 1.82) is 0 Å². The largest absolute Gasteiger partial charge is 0.494 e. The van der Waals surface area contributed by atoms with Crippen LogP contribution in [0.2, 0.25) is 0 Å². The minimum absolute atomic E-state index is 0. The molecule has 1 aliphatic rings.